The van der Waals surface area contributed by atoms with Crippen LogP contribution in [0.15, 0.2) is 42.5 Å². The van der Waals surface area contributed by atoms with E-state index in [0.717, 1.165) is 12.2 Å². The molecule has 0 spiro atoms. The number of benzene rings is 2. The molecule has 0 aliphatic rings. The molecule has 0 unspecified atom stereocenters. The minimum atomic E-state index is -0.611. The first-order valence-corrected chi connectivity index (χ1v) is 8.42. The third kappa shape index (κ3) is 5.10. The molecule has 0 fully saturated rings. The average Bonchev–Trinajstić information content (AvgIpc) is 2.70. The molecule has 0 heterocycles. The van der Waals surface area contributed by atoms with Crippen molar-refractivity contribution >= 4 is 17.3 Å². The predicted octanol–water partition coefficient (Wildman–Crippen LogP) is 2.87. The molecule has 27 heavy (non-hydrogen) atoms. The molecule has 8 nitrogen and oxygen atoms in total. The highest BCUT2D eigenvalue weighted by atomic mass is 16.6. The zero-order chi connectivity index (χ0) is 19.8. The van der Waals surface area contributed by atoms with Gasteiger partial charge in [0.1, 0.15) is 5.56 Å². The Morgan fingerprint density at radius 2 is 1.78 bits per heavy atom. The van der Waals surface area contributed by atoms with Crippen molar-refractivity contribution in [2.24, 2.45) is 0 Å². The molecule has 2 aromatic rings. The van der Waals surface area contributed by atoms with E-state index in [4.69, 9.17) is 9.47 Å². The standard InChI is InChI=1S/C19H23N3O5/c1-21(14-8-5-4-6-9-14)11-7-10-20-19(23)15-12-17(26-2)18(27-3)13-16(15)22(24)25/h4-6,8-9,12-13H,7,10-11H2,1-3H3,(H,20,23). The molecule has 0 aromatic heterocycles. The van der Waals surface area contributed by atoms with Gasteiger partial charge < -0.3 is 19.7 Å². The molecule has 0 aliphatic heterocycles. The van der Waals surface area contributed by atoms with E-state index in [2.05, 4.69) is 10.2 Å². The van der Waals surface area contributed by atoms with E-state index in [1.54, 1.807) is 0 Å². The number of carbonyl (C=O) groups is 1. The summed E-state index contributed by atoms with van der Waals surface area (Å²) in [7, 11) is 4.76. The van der Waals surface area contributed by atoms with Gasteiger partial charge in [0.2, 0.25) is 0 Å². The Hall–Kier alpha value is -3.29. The van der Waals surface area contributed by atoms with Gasteiger partial charge >= 0.3 is 0 Å². The fraction of sp³-hybridized carbons (Fsp3) is 0.316. The molecular weight excluding hydrogens is 350 g/mol. The van der Waals surface area contributed by atoms with Crippen molar-refractivity contribution in [2.75, 3.05) is 39.3 Å². The highest BCUT2D eigenvalue weighted by molar-refractivity contribution is 5.99. The SMILES string of the molecule is COc1cc(C(=O)NCCCN(C)c2ccccc2)c([N+](=O)[O-])cc1OC. The topological polar surface area (TPSA) is 93.9 Å². The summed E-state index contributed by atoms with van der Waals surface area (Å²) in [6.45, 7) is 1.12. The number of nitro groups is 1. The van der Waals surface area contributed by atoms with Gasteiger partial charge in [0.25, 0.3) is 11.6 Å². The quantitative estimate of drug-likeness (QED) is 0.413. The maximum Gasteiger partial charge on any atom is 0.286 e. The van der Waals surface area contributed by atoms with E-state index in [1.807, 2.05) is 37.4 Å². The Balaban J connectivity index is 2.00. The van der Waals surface area contributed by atoms with Crippen LogP contribution in [0.3, 0.4) is 0 Å². The van der Waals surface area contributed by atoms with Crippen LogP contribution in [-0.2, 0) is 0 Å². The van der Waals surface area contributed by atoms with Crippen LogP contribution in [-0.4, -0.2) is 45.2 Å². The lowest BCUT2D eigenvalue weighted by Crippen LogP contribution is -2.28. The van der Waals surface area contributed by atoms with E-state index in [1.165, 1.54) is 26.4 Å². The van der Waals surface area contributed by atoms with Crippen LogP contribution in [0.5, 0.6) is 11.5 Å². The van der Waals surface area contributed by atoms with Crippen LogP contribution in [0.1, 0.15) is 16.8 Å². The fourth-order valence-corrected chi connectivity index (χ4v) is 2.63. The summed E-state index contributed by atoms with van der Waals surface area (Å²) in [5.74, 6) is -0.0627. The van der Waals surface area contributed by atoms with Crippen molar-refractivity contribution in [3.63, 3.8) is 0 Å². The second kappa shape index (κ2) is 9.42. The van der Waals surface area contributed by atoms with Crippen LogP contribution in [0.4, 0.5) is 11.4 Å². The molecule has 1 N–H and O–H groups in total. The van der Waals surface area contributed by atoms with Crippen molar-refractivity contribution in [3.8, 4) is 11.5 Å². The van der Waals surface area contributed by atoms with Gasteiger partial charge in [-0.3, -0.25) is 14.9 Å². The number of amides is 1. The lowest BCUT2D eigenvalue weighted by atomic mass is 10.1. The molecule has 0 aliphatic carbocycles. The van der Waals surface area contributed by atoms with Crippen molar-refractivity contribution in [1.82, 2.24) is 5.32 Å². The van der Waals surface area contributed by atoms with Gasteiger partial charge in [0, 0.05) is 31.9 Å². The maximum absolute atomic E-state index is 12.4. The Morgan fingerprint density at radius 1 is 1.15 bits per heavy atom. The summed E-state index contributed by atoms with van der Waals surface area (Å²) in [6, 6.07) is 12.4. The summed E-state index contributed by atoms with van der Waals surface area (Å²) in [6.07, 6.45) is 0.693. The second-order valence-corrected chi connectivity index (χ2v) is 5.85. The first kappa shape index (κ1) is 20.0. The van der Waals surface area contributed by atoms with Gasteiger partial charge in [0.15, 0.2) is 11.5 Å². The molecule has 0 saturated carbocycles. The Kier molecular flexibility index (Phi) is 6.99. The number of para-hydroxylation sites is 1. The Labute approximate surface area is 157 Å². The highest BCUT2D eigenvalue weighted by Gasteiger charge is 2.24. The number of carbonyl (C=O) groups excluding carboxylic acids is 1. The Bertz CT molecular complexity index is 795. The minimum absolute atomic E-state index is 0.0611. The average molecular weight is 373 g/mol. The summed E-state index contributed by atoms with van der Waals surface area (Å²) >= 11 is 0. The molecular formula is C19H23N3O5. The van der Waals surface area contributed by atoms with Gasteiger partial charge in [-0.15, -0.1) is 0 Å². The maximum atomic E-state index is 12.4. The van der Waals surface area contributed by atoms with E-state index < -0.39 is 10.8 Å². The van der Waals surface area contributed by atoms with Crippen molar-refractivity contribution < 1.29 is 19.2 Å². The fourth-order valence-electron chi connectivity index (χ4n) is 2.63. The molecule has 2 rings (SSSR count). The van der Waals surface area contributed by atoms with Crippen LogP contribution in [0.2, 0.25) is 0 Å². The summed E-state index contributed by atoms with van der Waals surface area (Å²) in [4.78, 5) is 25.2. The molecule has 1 amide bonds. The number of methoxy groups -OCH3 is 2. The van der Waals surface area contributed by atoms with Gasteiger partial charge in [-0.2, -0.15) is 0 Å². The number of nitrogens with one attached hydrogen (secondary N) is 1. The lowest BCUT2D eigenvalue weighted by Gasteiger charge is -2.19. The van der Waals surface area contributed by atoms with Crippen LogP contribution in [0, 0.1) is 10.1 Å². The number of hydrogen-bond acceptors (Lipinski definition) is 6. The number of anilines is 1. The molecule has 0 bridgehead atoms. The third-order valence-corrected chi connectivity index (χ3v) is 4.10. The largest absolute Gasteiger partial charge is 0.493 e. The normalized spacial score (nSPS) is 10.2. The van der Waals surface area contributed by atoms with Crippen molar-refractivity contribution in [3.05, 3.63) is 58.1 Å². The first-order chi connectivity index (χ1) is 13.0. The highest BCUT2D eigenvalue weighted by Crippen LogP contribution is 2.34. The van der Waals surface area contributed by atoms with Gasteiger partial charge in [0.05, 0.1) is 25.2 Å². The van der Waals surface area contributed by atoms with E-state index in [0.29, 0.717) is 13.0 Å². The predicted molar refractivity (Wildman–Crippen MR) is 103 cm³/mol. The van der Waals surface area contributed by atoms with E-state index in [-0.39, 0.29) is 22.7 Å². The molecule has 2 aromatic carbocycles. The van der Waals surface area contributed by atoms with Gasteiger partial charge in [-0.1, -0.05) is 18.2 Å². The lowest BCUT2D eigenvalue weighted by molar-refractivity contribution is -0.385. The van der Waals surface area contributed by atoms with E-state index >= 15 is 0 Å². The van der Waals surface area contributed by atoms with Crippen LogP contribution >= 0.6 is 0 Å². The van der Waals surface area contributed by atoms with Crippen LogP contribution < -0.4 is 19.7 Å². The Morgan fingerprint density at radius 3 is 2.37 bits per heavy atom. The summed E-state index contributed by atoms with van der Waals surface area (Å²) in [5, 5.41) is 14.0. The molecule has 144 valence electrons. The van der Waals surface area contributed by atoms with Crippen molar-refractivity contribution in [1.29, 1.82) is 0 Å². The zero-order valence-corrected chi connectivity index (χ0v) is 15.6. The molecule has 0 atom stereocenters. The smallest absolute Gasteiger partial charge is 0.286 e. The first-order valence-electron chi connectivity index (χ1n) is 8.42. The van der Waals surface area contributed by atoms with Crippen molar-refractivity contribution in [2.45, 2.75) is 6.42 Å². The minimum Gasteiger partial charge on any atom is -0.493 e. The number of rotatable bonds is 9. The molecule has 0 saturated heterocycles. The molecule has 8 heteroatoms. The number of ether oxygens (including phenoxy) is 2. The summed E-state index contributed by atoms with van der Waals surface area (Å²) < 4.78 is 10.2. The molecule has 0 radical (unpaired) electrons. The monoisotopic (exact) mass is 373 g/mol. The number of hydrogen-bond donors (Lipinski definition) is 1. The van der Waals surface area contributed by atoms with Gasteiger partial charge in [-0.05, 0) is 18.6 Å². The second-order valence-electron chi connectivity index (χ2n) is 5.85. The van der Waals surface area contributed by atoms with Crippen LogP contribution in [0.25, 0.3) is 0 Å². The van der Waals surface area contributed by atoms with E-state index in [9.17, 15) is 14.9 Å². The van der Waals surface area contributed by atoms with Gasteiger partial charge in [-0.25, -0.2) is 0 Å². The number of nitro benzene ring substituents is 1. The summed E-state index contributed by atoms with van der Waals surface area (Å²) in [5.41, 5.74) is 0.694. The number of nitrogens with zero attached hydrogens (tertiary/aromatic N) is 2. The third-order valence-electron chi connectivity index (χ3n) is 4.10. The zero-order valence-electron chi connectivity index (χ0n) is 15.6.